The molecule has 0 fully saturated rings. The molecule has 0 saturated heterocycles. The average molecular weight is 584 g/mol. The van der Waals surface area contributed by atoms with Crippen LogP contribution in [0.3, 0.4) is 0 Å². The second-order valence-electron chi connectivity index (χ2n) is 8.39. The standard InChI is InChI=1S/C28H24BrClN2O3S/c1-19-7-14-24(15-8-19)36(34,35)32(18-21-9-11-22(30)12-10-21)27-6-4-3-5-25(27)28(33)31-23-13-16-26(29)20(2)17-23/h3-17H,18H2,1-2H3,(H,31,33). The number of benzene rings is 4. The molecule has 4 rings (SSSR count). The molecule has 0 aliphatic carbocycles. The number of sulfonamides is 1. The van der Waals surface area contributed by atoms with Gasteiger partial charge < -0.3 is 5.32 Å². The summed E-state index contributed by atoms with van der Waals surface area (Å²) in [6, 6.07) is 25.8. The van der Waals surface area contributed by atoms with Gasteiger partial charge in [-0.2, -0.15) is 0 Å². The summed E-state index contributed by atoms with van der Waals surface area (Å²) in [5, 5.41) is 3.44. The highest BCUT2D eigenvalue weighted by molar-refractivity contribution is 9.10. The minimum atomic E-state index is -4.01. The van der Waals surface area contributed by atoms with Crippen LogP contribution in [0.5, 0.6) is 0 Å². The van der Waals surface area contributed by atoms with Gasteiger partial charge in [0.05, 0.1) is 22.7 Å². The van der Waals surface area contributed by atoms with E-state index in [0.717, 1.165) is 21.2 Å². The van der Waals surface area contributed by atoms with Crippen LogP contribution in [0.4, 0.5) is 11.4 Å². The molecule has 4 aromatic carbocycles. The third-order valence-corrected chi connectivity index (χ3v) is 8.60. The van der Waals surface area contributed by atoms with E-state index in [0.29, 0.717) is 10.7 Å². The minimum Gasteiger partial charge on any atom is -0.322 e. The molecule has 36 heavy (non-hydrogen) atoms. The van der Waals surface area contributed by atoms with Crippen LogP contribution in [-0.4, -0.2) is 14.3 Å². The van der Waals surface area contributed by atoms with Crippen molar-refractivity contribution in [3.63, 3.8) is 0 Å². The molecule has 8 heteroatoms. The predicted molar refractivity (Wildman–Crippen MR) is 149 cm³/mol. The third-order valence-electron chi connectivity index (χ3n) is 5.68. The quantitative estimate of drug-likeness (QED) is 0.247. The van der Waals surface area contributed by atoms with Gasteiger partial charge in [0.15, 0.2) is 0 Å². The molecule has 1 N–H and O–H groups in total. The Labute approximate surface area is 224 Å². The van der Waals surface area contributed by atoms with Gasteiger partial charge in [-0.25, -0.2) is 8.42 Å². The molecule has 0 radical (unpaired) electrons. The summed E-state index contributed by atoms with van der Waals surface area (Å²) < 4.78 is 30.0. The van der Waals surface area contributed by atoms with Gasteiger partial charge in [0.2, 0.25) is 0 Å². The van der Waals surface area contributed by atoms with E-state index < -0.39 is 15.9 Å². The molecular weight excluding hydrogens is 560 g/mol. The number of nitrogens with zero attached hydrogens (tertiary/aromatic N) is 1. The van der Waals surface area contributed by atoms with Crippen molar-refractivity contribution < 1.29 is 13.2 Å². The van der Waals surface area contributed by atoms with Crippen LogP contribution in [0.25, 0.3) is 0 Å². The highest BCUT2D eigenvalue weighted by Crippen LogP contribution is 2.30. The van der Waals surface area contributed by atoms with Gasteiger partial charge in [0.1, 0.15) is 0 Å². The first-order valence-corrected chi connectivity index (χ1v) is 13.8. The molecular formula is C28H24BrClN2O3S. The van der Waals surface area contributed by atoms with Crippen molar-refractivity contribution in [1.82, 2.24) is 0 Å². The Bertz CT molecular complexity index is 1510. The molecule has 1 amide bonds. The number of aryl methyl sites for hydroxylation is 2. The number of rotatable bonds is 7. The molecule has 0 aromatic heterocycles. The third kappa shape index (κ3) is 5.81. The number of hydrogen-bond acceptors (Lipinski definition) is 3. The zero-order valence-corrected chi connectivity index (χ0v) is 22.9. The summed E-state index contributed by atoms with van der Waals surface area (Å²) in [4.78, 5) is 13.5. The number of halogens is 2. The smallest absolute Gasteiger partial charge is 0.264 e. The molecule has 0 aliphatic rings. The number of carbonyl (C=O) groups is 1. The maximum atomic E-state index is 13.9. The monoisotopic (exact) mass is 582 g/mol. The van der Waals surface area contributed by atoms with E-state index in [1.54, 1.807) is 78.9 Å². The van der Waals surface area contributed by atoms with E-state index in [1.165, 1.54) is 4.31 Å². The number of para-hydroxylation sites is 1. The van der Waals surface area contributed by atoms with Crippen molar-refractivity contribution >= 4 is 54.8 Å². The van der Waals surface area contributed by atoms with Crippen molar-refractivity contribution in [2.75, 3.05) is 9.62 Å². The molecule has 184 valence electrons. The fourth-order valence-corrected chi connectivity index (χ4v) is 5.54. The second-order valence-corrected chi connectivity index (χ2v) is 11.5. The fraction of sp³-hybridized carbons (Fsp3) is 0.107. The summed E-state index contributed by atoms with van der Waals surface area (Å²) in [6.07, 6.45) is 0. The van der Waals surface area contributed by atoms with Crippen molar-refractivity contribution in [2.45, 2.75) is 25.3 Å². The van der Waals surface area contributed by atoms with E-state index >= 15 is 0 Å². The largest absolute Gasteiger partial charge is 0.322 e. The molecule has 5 nitrogen and oxygen atoms in total. The number of nitrogens with one attached hydrogen (secondary N) is 1. The van der Waals surface area contributed by atoms with Gasteiger partial charge in [-0.05, 0) is 79.6 Å². The van der Waals surface area contributed by atoms with Crippen LogP contribution >= 0.6 is 27.5 Å². The van der Waals surface area contributed by atoms with Gasteiger partial charge in [0.25, 0.3) is 15.9 Å². The Morgan fingerprint density at radius 1 is 0.917 bits per heavy atom. The van der Waals surface area contributed by atoms with Crippen LogP contribution in [-0.2, 0) is 16.6 Å². The zero-order chi connectivity index (χ0) is 25.9. The van der Waals surface area contributed by atoms with Crippen molar-refractivity contribution in [2.24, 2.45) is 0 Å². The second kappa shape index (κ2) is 10.9. The summed E-state index contributed by atoms with van der Waals surface area (Å²) in [6.45, 7) is 3.84. The zero-order valence-electron chi connectivity index (χ0n) is 19.7. The van der Waals surface area contributed by atoms with Crippen LogP contribution in [0, 0.1) is 13.8 Å². The first-order chi connectivity index (χ1) is 17.1. The Hall–Kier alpha value is -3.13. The SMILES string of the molecule is Cc1ccc(S(=O)(=O)N(Cc2ccc(Cl)cc2)c2ccccc2C(=O)Nc2ccc(Br)c(C)c2)cc1. The lowest BCUT2D eigenvalue weighted by Gasteiger charge is -2.27. The highest BCUT2D eigenvalue weighted by Gasteiger charge is 2.28. The summed E-state index contributed by atoms with van der Waals surface area (Å²) in [5.74, 6) is -0.410. The fourth-order valence-electron chi connectivity index (χ4n) is 3.70. The maximum Gasteiger partial charge on any atom is 0.264 e. The molecule has 0 heterocycles. The number of amides is 1. The number of hydrogen-bond donors (Lipinski definition) is 1. The van der Waals surface area contributed by atoms with E-state index in [2.05, 4.69) is 21.2 Å². The lowest BCUT2D eigenvalue weighted by atomic mass is 10.1. The van der Waals surface area contributed by atoms with Crippen LogP contribution in [0.1, 0.15) is 27.0 Å². The van der Waals surface area contributed by atoms with Crippen LogP contribution < -0.4 is 9.62 Å². The molecule has 0 unspecified atom stereocenters. The van der Waals surface area contributed by atoms with Gasteiger partial charge in [-0.3, -0.25) is 9.10 Å². The van der Waals surface area contributed by atoms with Crippen molar-refractivity contribution in [3.8, 4) is 0 Å². The van der Waals surface area contributed by atoms with E-state index in [1.807, 2.05) is 26.0 Å². The van der Waals surface area contributed by atoms with E-state index in [4.69, 9.17) is 11.6 Å². The summed E-state index contributed by atoms with van der Waals surface area (Å²) in [7, 11) is -4.01. The Kier molecular flexibility index (Phi) is 7.83. The molecule has 0 spiro atoms. The Morgan fingerprint density at radius 2 is 1.58 bits per heavy atom. The summed E-state index contributed by atoms with van der Waals surface area (Å²) in [5.41, 5.74) is 3.77. The molecule has 0 aliphatic heterocycles. The molecule has 0 bridgehead atoms. The highest BCUT2D eigenvalue weighted by atomic mass is 79.9. The van der Waals surface area contributed by atoms with E-state index in [-0.39, 0.29) is 22.7 Å². The Morgan fingerprint density at radius 3 is 2.25 bits per heavy atom. The predicted octanol–water partition coefficient (Wildman–Crippen LogP) is 7.37. The molecule has 0 atom stereocenters. The first-order valence-electron chi connectivity index (χ1n) is 11.2. The van der Waals surface area contributed by atoms with Crippen LogP contribution in [0.15, 0.2) is 100 Å². The van der Waals surface area contributed by atoms with Gasteiger partial charge in [-0.15, -0.1) is 0 Å². The lowest BCUT2D eigenvalue weighted by Crippen LogP contribution is -2.32. The normalized spacial score (nSPS) is 11.2. The first kappa shape index (κ1) is 25.9. The number of anilines is 2. The lowest BCUT2D eigenvalue weighted by molar-refractivity contribution is 0.102. The van der Waals surface area contributed by atoms with Gasteiger partial charge in [-0.1, -0.05) is 69.5 Å². The average Bonchev–Trinajstić information content (AvgIpc) is 2.86. The van der Waals surface area contributed by atoms with Gasteiger partial charge >= 0.3 is 0 Å². The van der Waals surface area contributed by atoms with Crippen molar-refractivity contribution in [1.29, 1.82) is 0 Å². The van der Waals surface area contributed by atoms with Crippen LogP contribution in [0.2, 0.25) is 5.02 Å². The minimum absolute atomic E-state index is 0.0229. The van der Waals surface area contributed by atoms with Gasteiger partial charge in [0, 0.05) is 15.2 Å². The Balaban J connectivity index is 1.78. The maximum absolute atomic E-state index is 13.9. The molecule has 4 aromatic rings. The molecule has 0 saturated carbocycles. The van der Waals surface area contributed by atoms with Crippen molar-refractivity contribution in [3.05, 3.63) is 123 Å². The number of carbonyl (C=O) groups excluding carboxylic acids is 1. The topological polar surface area (TPSA) is 66.5 Å². The summed E-state index contributed by atoms with van der Waals surface area (Å²) >= 11 is 9.50. The van der Waals surface area contributed by atoms with E-state index in [9.17, 15) is 13.2 Å².